The van der Waals surface area contributed by atoms with Crippen LogP contribution in [0.2, 0.25) is 0 Å². The second-order valence-corrected chi connectivity index (χ2v) is 3.24. The molecule has 12 heavy (non-hydrogen) atoms. The molecule has 0 rings (SSSR count). The molecule has 0 amide bonds. The summed E-state index contributed by atoms with van der Waals surface area (Å²) in [5.41, 5.74) is 0. The summed E-state index contributed by atoms with van der Waals surface area (Å²) in [7, 11) is 0. The summed E-state index contributed by atoms with van der Waals surface area (Å²) < 4.78 is 10.5. The van der Waals surface area contributed by atoms with E-state index in [9.17, 15) is 0 Å². The zero-order valence-electron chi connectivity index (χ0n) is 8.41. The van der Waals surface area contributed by atoms with Crippen LogP contribution in [0.4, 0.5) is 0 Å². The smallest absolute Gasteiger partial charge is 0.0804 e. The van der Waals surface area contributed by atoms with E-state index in [1.165, 1.54) is 0 Å². The van der Waals surface area contributed by atoms with Crippen LogP contribution in [0.3, 0.4) is 0 Å². The summed E-state index contributed by atoms with van der Waals surface area (Å²) in [6, 6.07) is 0. The van der Waals surface area contributed by atoms with Crippen LogP contribution in [-0.2, 0) is 9.47 Å². The molecule has 0 aliphatic heterocycles. The molecule has 0 fully saturated rings. The number of hydrogen-bond acceptors (Lipinski definition) is 3. The molecule has 1 N–H and O–H groups in total. The van der Waals surface area contributed by atoms with Gasteiger partial charge in [0.15, 0.2) is 0 Å². The lowest BCUT2D eigenvalue weighted by molar-refractivity contribution is -0.0487. The quantitative estimate of drug-likeness (QED) is 0.618. The first-order valence-electron chi connectivity index (χ1n) is 4.45. The monoisotopic (exact) mass is 176 g/mol. The fourth-order valence-electron chi connectivity index (χ4n) is 0.657. The lowest BCUT2D eigenvalue weighted by Crippen LogP contribution is -2.24. The van der Waals surface area contributed by atoms with Crippen LogP contribution >= 0.6 is 0 Å². The third-order valence-corrected chi connectivity index (χ3v) is 1.59. The standard InChI is InChI=1S/C9H20O3/c1-7(2)11-5-6-12-9(4)8(3)10/h7-10H,5-6H2,1-4H3. The molecule has 0 aromatic rings. The van der Waals surface area contributed by atoms with Crippen molar-refractivity contribution in [1.82, 2.24) is 0 Å². The Hall–Kier alpha value is -0.120. The molecule has 2 unspecified atom stereocenters. The molecule has 0 heterocycles. The van der Waals surface area contributed by atoms with Crippen molar-refractivity contribution in [2.24, 2.45) is 0 Å². The SMILES string of the molecule is CC(C)OCCOC(C)C(C)O. The first-order valence-corrected chi connectivity index (χ1v) is 4.45. The van der Waals surface area contributed by atoms with Gasteiger partial charge in [-0.05, 0) is 27.7 Å². The molecule has 0 radical (unpaired) electrons. The first kappa shape index (κ1) is 11.9. The van der Waals surface area contributed by atoms with Gasteiger partial charge in [0, 0.05) is 0 Å². The van der Waals surface area contributed by atoms with Crippen LogP contribution in [0.5, 0.6) is 0 Å². The fraction of sp³-hybridized carbons (Fsp3) is 1.00. The summed E-state index contributed by atoms with van der Waals surface area (Å²) in [5.74, 6) is 0. The van der Waals surface area contributed by atoms with Gasteiger partial charge in [-0.3, -0.25) is 0 Å². The highest BCUT2D eigenvalue weighted by Crippen LogP contribution is 1.97. The van der Waals surface area contributed by atoms with E-state index in [0.29, 0.717) is 13.2 Å². The number of rotatable bonds is 6. The second-order valence-electron chi connectivity index (χ2n) is 3.24. The van der Waals surface area contributed by atoms with Gasteiger partial charge in [-0.25, -0.2) is 0 Å². The van der Waals surface area contributed by atoms with Gasteiger partial charge in [0.1, 0.15) is 0 Å². The molecule has 2 atom stereocenters. The van der Waals surface area contributed by atoms with Gasteiger partial charge in [0.2, 0.25) is 0 Å². The molecular weight excluding hydrogens is 156 g/mol. The number of hydrogen-bond donors (Lipinski definition) is 1. The van der Waals surface area contributed by atoms with E-state index in [-0.39, 0.29) is 12.2 Å². The fourth-order valence-corrected chi connectivity index (χ4v) is 0.657. The Kier molecular flexibility index (Phi) is 6.34. The molecule has 0 bridgehead atoms. The van der Waals surface area contributed by atoms with Crippen molar-refractivity contribution in [3.05, 3.63) is 0 Å². The van der Waals surface area contributed by atoms with E-state index in [0.717, 1.165) is 0 Å². The molecule has 0 aromatic carbocycles. The van der Waals surface area contributed by atoms with Crippen molar-refractivity contribution >= 4 is 0 Å². The first-order chi connectivity index (χ1) is 5.54. The lowest BCUT2D eigenvalue weighted by Gasteiger charge is -2.16. The van der Waals surface area contributed by atoms with Gasteiger partial charge < -0.3 is 14.6 Å². The van der Waals surface area contributed by atoms with E-state index in [4.69, 9.17) is 14.6 Å². The Labute approximate surface area is 74.7 Å². The lowest BCUT2D eigenvalue weighted by atomic mass is 10.3. The van der Waals surface area contributed by atoms with E-state index in [1.807, 2.05) is 20.8 Å². The minimum absolute atomic E-state index is 0.110. The van der Waals surface area contributed by atoms with Gasteiger partial charge >= 0.3 is 0 Å². The highest BCUT2D eigenvalue weighted by atomic mass is 16.5. The Morgan fingerprint density at radius 1 is 1.00 bits per heavy atom. The van der Waals surface area contributed by atoms with Crippen molar-refractivity contribution in [2.75, 3.05) is 13.2 Å². The number of ether oxygens (including phenoxy) is 2. The molecule has 0 saturated carbocycles. The highest BCUT2D eigenvalue weighted by molar-refractivity contribution is 4.56. The molecule has 0 saturated heterocycles. The largest absolute Gasteiger partial charge is 0.391 e. The minimum Gasteiger partial charge on any atom is -0.391 e. The van der Waals surface area contributed by atoms with E-state index in [2.05, 4.69) is 0 Å². The third-order valence-electron chi connectivity index (χ3n) is 1.59. The van der Waals surface area contributed by atoms with Gasteiger partial charge in [0.25, 0.3) is 0 Å². The Bertz CT molecular complexity index is 102. The molecule has 3 heteroatoms. The van der Waals surface area contributed by atoms with E-state index >= 15 is 0 Å². The maximum absolute atomic E-state index is 9.06. The van der Waals surface area contributed by atoms with Crippen molar-refractivity contribution in [3.8, 4) is 0 Å². The Balaban J connectivity index is 3.20. The van der Waals surface area contributed by atoms with Crippen molar-refractivity contribution in [1.29, 1.82) is 0 Å². The molecule has 0 aliphatic rings. The maximum atomic E-state index is 9.06. The summed E-state index contributed by atoms with van der Waals surface area (Å²) in [4.78, 5) is 0. The van der Waals surface area contributed by atoms with Crippen LogP contribution in [0, 0.1) is 0 Å². The molecular formula is C9H20O3. The van der Waals surface area contributed by atoms with Crippen LogP contribution in [-0.4, -0.2) is 36.6 Å². The molecule has 0 spiro atoms. The summed E-state index contributed by atoms with van der Waals surface area (Å²) >= 11 is 0. The van der Waals surface area contributed by atoms with Crippen molar-refractivity contribution < 1.29 is 14.6 Å². The van der Waals surface area contributed by atoms with Gasteiger partial charge in [-0.15, -0.1) is 0 Å². The van der Waals surface area contributed by atoms with Gasteiger partial charge in [-0.1, -0.05) is 0 Å². The minimum atomic E-state index is -0.413. The maximum Gasteiger partial charge on any atom is 0.0804 e. The molecule has 74 valence electrons. The van der Waals surface area contributed by atoms with Gasteiger partial charge in [-0.2, -0.15) is 0 Å². The average molecular weight is 176 g/mol. The van der Waals surface area contributed by atoms with Crippen molar-refractivity contribution in [2.45, 2.75) is 46.0 Å². The molecule has 0 aromatic heterocycles. The second kappa shape index (κ2) is 6.40. The Morgan fingerprint density at radius 2 is 1.50 bits per heavy atom. The normalized spacial score (nSPS) is 16.5. The van der Waals surface area contributed by atoms with Crippen LogP contribution in [0.1, 0.15) is 27.7 Å². The average Bonchev–Trinajstić information content (AvgIpc) is 1.97. The Morgan fingerprint density at radius 3 is 1.92 bits per heavy atom. The van der Waals surface area contributed by atoms with Crippen molar-refractivity contribution in [3.63, 3.8) is 0 Å². The van der Waals surface area contributed by atoms with E-state index < -0.39 is 6.10 Å². The summed E-state index contributed by atoms with van der Waals surface area (Å²) in [6.45, 7) is 8.67. The topological polar surface area (TPSA) is 38.7 Å². The molecule has 3 nitrogen and oxygen atoms in total. The zero-order valence-corrected chi connectivity index (χ0v) is 8.41. The van der Waals surface area contributed by atoms with Crippen LogP contribution < -0.4 is 0 Å². The highest BCUT2D eigenvalue weighted by Gasteiger charge is 2.07. The van der Waals surface area contributed by atoms with Gasteiger partial charge in [0.05, 0.1) is 31.5 Å². The predicted octanol–water partition coefficient (Wildman–Crippen LogP) is 1.20. The molecule has 0 aliphatic carbocycles. The summed E-state index contributed by atoms with van der Waals surface area (Å²) in [6.07, 6.45) is -0.278. The van der Waals surface area contributed by atoms with E-state index in [1.54, 1.807) is 6.92 Å². The summed E-state index contributed by atoms with van der Waals surface area (Å²) in [5, 5.41) is 9.06. The third kappa shape index (κ3) is 6.58. The van der Waals surface area contributed by atoms with Crippen LogP contribution in [0.15, 0.2) is 0 Å². The van der Waals surface area contributed by atoms with Crippen LogP contribution in [0.25, 0.3) is 0 Å². The number of aliphatic hydroxyl groups is 1. The zero-order chi connectivity index (χ0) is 9.56. The number of aliphatic hydroxyl groups excluding tert-OH is 1. The predicted molar refractivity (Wildman–Crippen MR) is 48.2 cm³/mol.